The fraction of sp³-hybridized carbons (Fsp3) is 0.962. The van der Waals surface area contributed by atoms with Crippen LogP contribution >= 0.6 is 0 Å². The van der Waals surface area contributed by atoms with Gasteiger partial charge in [-0.2, -0.15) is 0 Å². The molecule has 12 rings (SSSR count). The first-order valence-corrected chi connectivity index (χ1v) is 62.8. The van der Waals surface area contributed by atoms with E-state index < -0.39 is 71.2 Å². The number of carbonyl (C=O) groups excluding carboxylic acids is 4. The van der Waals surface area contributed by atoms with E-state index in [-0.39, 0.29) is 134 Å². The van der Waals surface area contributed by atoms with Crippen LogP contribution in [0.2, 0.25) is 54.4 Å². The summed E-state index contributed by atoms with van der Waals surface area (Å²) in [6, 6.07) is 0.498. The average Bonchev–Trinajstić information content (AvgIpc) is 1.35. The highest BCUT2D eigenvalue weighted by Crippen LogP contribution is 2.51. The minimum absolute atomic E-state index is 0.0148. The zero-order valence-corrected chi connectivity index (χ0v) is 93.6. The van der Waals surface area contributed by atoms with E-state index in [4.69, 9.17) is 47.4 Å². The van der Waals surface area contributed by atoms with Crippen molar-refractivity contribution < 1.29 is 101 Å². The molecule has 12 aliphatic rings. The molecule has 0 radical (unpaired) electrons. The molecule has 7 aliphatic carbocycles. The van der Waals surface area contributed by atoms with E-state index in [1.165, 1.54) is 128 Å². The lowest BCUT2D eigenvalue weighted by molar-refractivity contribution is -0.172. The molecular weight excluding hydrogens is 1760 g/mol. The van der Waals surface area contributed by atoms with Crippen molar-refractivity contribution in [1.82, 2.24) is 10.0 Å². The van der Waals surface area contributed by atoms with Gasteiger partial charge in [0, 0.05) is 33.1 Å². The predicted octanol–water partition coefficient (Wildman–Crippen LogP) is 19.9. The molecule has 24 nitrogen and oxygen atoms in total. The minimum atomic E-state index is -1.99. The summed E-state index contributed by atoms with van der Waals surface area (Å²) >= 11 is 0. The maximum Gasteiger partial charge on any atom is 0.314 e. The van der Waals surface area contributed by atoms with Crippen LogP contribution in [0.5, 0.6) is 0 Å². The van der Waals surface area contributed by atoms with Crippen molar-refractivity contribution >= 4 is 59.9 Å². The van der Waals surface area contributed by atoms with Crippen LogP contribution in [0.25, 0.3) is 0 Å². The number of ether oxygens (including phenoxy) is 6. The van der Waals surface area contributed by atoms with Gasteiger partial charge in [-0.05, 0) is 260 Å². The smallest absolute Gasteiger partial charge is 0.314 e. The summed E-state index contributed by atoms with van der Waals surface area (Å²) in [7, 11) is -6.60. The summed E-state index contributed by atoms with van der Waals surface area (Å²) in [4.78, 5) is 45.9. The SMILES string of the molecule is CCOC(=O)C1(C(O)[C@H](C)O[Si](C)(C)C(C)(C)C)CCCCC1.CCOC(=O)C1CCCCC1.C[C@@H](C=O)O[Si](C)(C)C(C)(C)C.C[C@@H]1OCC2(CCCCC2)C1=O.C[C@@H]1OCC2(CCCCC2)C1O.C[C@@H]1OCC2(CCCCC2)[C@@H]1N[S@](=O)C(C)(C)C.C[C@@H]1OCC2(CCNCC2)[C@@H]1N.C[C@H](O)C(O)C1(CO)CCCCC1.C[C@H](O[Si](C)(C)C(C)(C)C)C(O)C1(CO)CCCCC1. The molecule has 5 saturated heterocycles. The summed E-state index contributed by atoms with van der Waals surface area (Å²) < 4.78 is 66.5. The van der Waals surface area contributed by atoms with Crippen molar-refractivity contribution in [1.29, 1.82) is 0 Å². The van der Waals surface area contributed by atoms with Crippen LogP contribution in [0.15, 0.2) is 0 Å². The number of rotatable bonds is 21. The van der Waals surface area contributed by atoms with Crippen LogP contribution in [0, 0.1) is 43.8 Å². The van der Waals surface area contributed by atoms with Gasteiger partial charge in [0.15, 0.2) is 30.7 Å². The van der Waals surface area contributed by atoms with Gasteiger partial charge in [-0.25, -0.2) is 8.93 Å². The molecule has 5 aliphatic heterocycles. The quantitative estimate of drug-likeness (QED) is 0.0290. The second-order valence-corrected chi connectivity index (χ2v) is 64.5. The van der Waals surface area contributed by atoms with Gasteiger partial charge in [0.25, 0.3) is 0 Å². The molecule has 0 aromatic heterocycles. The maximum atomic E-state index is 12.6. The highest BCUT2D eigenvalue weighted by atomic mass is 32.2. The molecule has 4 spiro atoms. The molecule has 133 heavy (non-hydrogen) atoms. The summed E-state index contributed by atoms with van der Waals surface area (Å²) in [5.41, 5.74) is 5.16. The number of esters is 2. The number of nitrogens with two attached hydrogens (primary N) is 1. The molecule has 5 heterocycles. The largest absolute Gasteiger partial charge is 0.466 e. The van der Waals surface area contributed by atoms with E-state index in [0.29, 0.717) is 43.9 Å². The van der Waals surface area contributed by atoms with Gasteiger partial charge in [0.1, 0.15) is 12.4 Å². The van der Waals surface area contributed by atoms with Crippen molar-refractivity contribution in [3.05, 3.63) is 0 Å². The second-order valence-electron chi connectivity index (χ2n) is 48.3. The van der Waals surface area contributed by atoms with E-state index in [0.717, 1.165) is 136 Å². The van der Waals surface area contributed by atoms with Crippen LogP contribution in [-0.4, -0.2) is 245 Å². The lowest BCUT2D eigenvalue weighted by Crippen LogP contribution is -2.54. The van der Waals surface area contributed by atoms with Crippen LogP contribution in [0.1, 0.15) is 390 Å². The zero-order chi connectivity index (χ0) is 101. The van der Waals surface area contributed by atoms with Gasteiger partial charge >= 0.3 is 11.9 Å². The number of aliphatic hydroxyl groups excluding tert-OH is 7. The van der Waals surface area contributed by atoms with Gasteiger partial charge in [0.05, 0.1) is 159 Å². The van der Waals surface area contributed by atoms with E-state index in [2.05, 4.69) is 125 Å². The monoisotopic (exact) mass is 1960 g/mol. The summed E-state index contributed by atoms with van der Waals surface area (Å²) in [5, 5.41) is 73.7. The Morgan fingerprint density at radius 2 is 0.872 bits per heavy atom. The molecule has 0 aromatic rings. The molecule has 7 saturated carbocycles. The number of hydrogen-bond donors (Lipinski definition) is 10. The molecule has 784 valence electrons. The van der Waals surface area contributed by atoms with E-state index >= 15 is 0 Å². The van der Waals surface area contributed by atoms with Crippen molar-refractivity contribution in [3.8, 4) is 0 Å². The van der Waals surface area contributed by atoms with Gasteiger partial charge in [0.2, 0.25) is 0 Å². The summed E-state index contributed by atoms with van der Waals surface area (Å²) in [5.74, 6) is 0.344. The normalized spacial score (nSPS) is 27.9. The van der Waals surface area contributed by atoms with Crippen LogP contribution in [-0.2, 0) is 71.9 Å². The molecule has 12 fully saturated rings. The Kier molecular flexibility index (Phi) is 51.6. The molecule has 0 amide bonds. The number of aliphatic hydroxyl groups is 7. The number of aldehydes is 1. The highest BCUT2D eigenvalue weighted by molar-refractivity contribution is 7.84. The Morgan fingerprint density at radius 1 is 0.496 bits per heavy atom. The number of Topliss-reactive ketones (excluding diaryl/α,β-unsaturated/α-hetero) is 1. The zero-order valence-electron chi connectivity index (χ0n) is 89.8. The van der Waals surface area contributed by atoms with E-state index in [1.807, 2.05) is 62.3 Å². The third-order valence-corrected chi connectivity index (χ3v) is 49.2. The lowest BCUT2D eigenvalue weighted by atomic mass is 9.69. The van der Waals surface area contributed by atoms with Crippen LogP contribution in [0.3, 0.4) is 0 Å². The molecule has 0 bridgehead atoms. The first-order chi connectivity index (χ1) is 61.8. The summed E-state index contributed by atoms with van der Waals surface area (Å²) in [6.07, 6.45) is 38.4. The van der Waals surface area contributed by atoms with E-state index in [1.54, 1.807) is 13.8 Å². The lowest BCUT2D eigenvalue weighted by Gasteiger charge is -2.45. The molecule has 0 aromatic carbocycles. The number of hydrogen-bond acceptors (Lipinski definition) is 23. The summed E-state index contributed by atoms with van der Waals surface area (Å²) in [6.45, 7) is 64.1. The van der Waals surface area contributed by atoms with Crippen LogP contribution < -0.4 is 15.8 Å². The van der Waals surface area contributed by atoms with Crippen molar-refractivity contribution in [2.75, 3.05) is 65.9 Å². The average molecular weight is 1960 g/mol. The Labute approximate surface area is 815 Å². The fourth-order valence-corrected chi connectivity index (χ4v) is 26.8. The highest BCUT2D eigenvalue weighted by Gasteiger charge is 2.55. The van der Waals surface area contributed by atoms with Crippen molar-refractivity contribution in [2.24, 2.45) is 49.6 Å². The fourth-order valence-electron chi connectivity index (χ4n) is 21.6. The number of piperidine rings is 1. The Morgan fingerprint density at radius 3 is 1.25 bits per heavy atom. The van der Waals surface area contributed by atoms with Gasteiger partial charge < -0.3 is 93.3 Å². The standard InChI is InChI=1S/C18H36O4Si.C16H34O3Si.C14H27NO2S.C10H20O3.C10H18O2.C10H16O2.C9H18N2O.C9H20O2Si.C9H16O2/c1-8-21-16(20)18(12-10-9-11-13-18)15(19)14(2)22-23(6,7)17(3,4)5;1-13(19-20(5,6)15(2,3)4)14(18)16(12-17)10-8-7-9-11-16;1-11-12(15-18(16)13(2,3)4)14(10-17-11)8-6-5-7-9-14;1-8(12)9(13)10(7-11)5-3-2-4-6-10;2*1-8-9(11)10(7-12-8)5-3-2-4-6-10;1-7-8(10)9(6-12-7)2-4-11-5-3-9;1-8(7-10)11-12(5,6)9(2,3)4;1-2-11-9(10)8-6-4-3-5-7-8/h14-15,19H,8-13H2,1-7H3;13-14,17-18H,7-12H2,1-6H3;11-12,15H,5-10H2,1-4H3;8-9,11-13H,2-7H2,1H3;8-9,11H,2-7H2,1H3;8H,2-7H2,1H3;7-8,11H,2-6,10H2,1H3;7-8H,1-6H3;8H,2-7H2,1H3/t14-,15?;13-,14?;11-,12+,18+;2*8-,9?;8-;7-,8+;8-;/m00000000./s1. The maximum absolute atomic E-state index is 12.6. The third kappa shape index (κ3) is 35.4. The Bertz CT molecular complexity index is 3250. The minimum Gasteiger partial charge on any atom is -0.466 e. The number of ketones is 1. The molecular formula is C105H205N3O21SSi3. The van der Waals surface area contributed by atoms with Crippen molar-refractivity contribution in [3.63, 3.8) is 0 Å². The Hall–Kier alpha value is -1.60. The Balaban J connectivity index is 0.000000316. The number of carbonyl (C=O) groups is 4. The molecule has 4 unspecified atom stereocenters. The molecule has 28 heteroatoms. The first-order valence-electron chi connectivity index (χ1n) is 52.9. The molecule has 11 N–H and O–H groups in total. The first kappa shape index (κ1) is 124. The third-order valence-electron chi connectivity index (χ3n) is 33.9. The topological polar surface area (TPSA) is 360 Å². The predicted molar refractivity (Wildman–Crippen MR) is 546 cm³/mol. The van der Waals surface area contributed by atoms with Crippen LogP contribution in [0.4, 0.5) is 0 Å². The van der Waals surface area contributed by atoms with Gasteiger partial charge in [-0.15, -0.1) is 0 Å². The van der Waals surface area contributed by atoms with Gasteiger partial charge in [-0.1, -0.05) is 197 Å². The second kappa shape index (κ2) is 55.5. The molecule has 15 atom stereocenters. The van der Waals surface area contributed by atoms with E-state index in [9.17, 15) is 59.1 Å². The number of nitrogens with one attached hydrogen (secondary N) is 2. The van der Waals surface area contributed by atoms with Gasteiger partial charge in [-0.3, -0.25) is 14.4 Å². The van der Waals surface area contributed by atoms with Crippen molar-refractivity contribution in [2.45, 2.75) is 534 Å².